The first-order valence-electron chi connectivity index (χ1n) is 23.0. The van der Waals surface area contributed by atoms with E-state index in [1.807, 2.05) is 29.2 Å². The SMILES string of the molecule is Cc1ccccc1CC(=O)N1CCOC2(CCN(Cc3cccc(CCOC4CCN(CCN(CCc5ccc(O)c6c5OCC(=O)N6)C5CCCCC5)[C@@H]4C(=O)O)c3)CC2)C1. The van der Waals surface area contributed by atoms with Crippen molar-refractivity contribution < 1.29 is 38.8 Å². The maximum atomic E-state index is 13.3. The molecule has 5 aliphatic rings. The molecule has 3 aromatic rings. The summed E-state index contributed by atoms with van der Waals surface area (Å²) in [4.78, 5) is 47.1. The molecule has 2 amide bonds. The van der Waals surface area contributed by atoms with Gasteiger partial charge in [-0.15, -0.1) is 0 Å². The predicted molar refractivity (Wildman–Crippen MR) is 237 cm³/mol. The summed E-state index contributed by atoms with van der Waals surface area (Å²) in [6, 6.07) is 20.0. The third-order valence-electron chi connectivity index (χ3n) is 14.1. The summed E-state index contributed by atoms with van der Waals surface area (Å²) in [5, 5.41) is 23.5. The first-order chi connectivity index (χ1) is 30.1. The van der Waals surface area contributed by atoms with E-state index in [9.17, 15) is 24.6 Å². The molecule has 0 aromatic heterocycles. The molecule has 62 heavy (non-hydrogen) atoms. The van der Waals surface area contributed by atoms with Crippen molar-refractivity contribution in [1.29, 1.82) is 0 Å². The fraction of sp³-hybridized carbons (Fsp3) is 0.571. The molecule has 1 saturated carbocycles. The number of nitrogens with zero attached hydrogens (tertiary/aromatic N) is 4. The second-order valence-electron chi connectivity index (χ2n) is 18.2. The third kappa shape index (κ3) is 10.8. The summed E-state index contributed by atoms with van der Waals surface area (Å²) >= 11 is 0. The van der Waals surface area contributed by atoms with E-state index in [0.29, 0.717) is 82.6 Å². The topological polar surface area (TPSA) is 144 Å². The Labute approximate surface area is 366 Å². The number of ether oxygens (including phenoxy) is 3. The Bertz CT molecular complexity index is 2030. The molecule has 1 aliphatic carbocycles. The van der Waals surface area contributed by atoms with E-state index >= 15 is 0 Å². The number of phenols is 1. The Morgan fingerprint density at radius 3 is 2.53 bits per heavy atom. The highest BCUT2D eigenvalue weighted by atomic mass is 16.5. The molecule has 0 radical (unpaired) electrons. The van der Waals surface area contributed by atoms with Crippen LogP contribution < -0.4 is 10.1 Å². The first kappa shape index (κ1) is 44.1. The van der Waals surface area contributed by atoms with Gasteiger partial charge in [0.25, 0.3) is 5.91 Å². The fourth-order valence-electron chi connectivity index (χ4n) is 10.5. The minimum absolute atomic E-state index is 0.00413. The lowest BCUT2D eigenvalue weighted by atomic mass is 9.88. The molecular weight excluding hydrogens is 787 g/mol. The highest BCUT2D eigenvalue weighted by molar-refractivity contribution is 5.97. The number of carbonyl (C=O) groups is 3. The minimum atomic E-state index is -0.836. The molecule has 1 unspecified atom stereocenters. The van der Waals surface area contributed by atoms with Crippen LogP contribution in [0.4, 0.5) is 5.69 Å². The van der Waals surface area contributed by atoms with Crippen LogP contribution in [0.5, 0.6) is 11.5 Å². The summed E-state index contributed by atoms with van der Waals surface area (Å²) < 4.78 is 18.5. The largest absolute Gasteiger partial charge is 0.506 e. The van der Waals surface area contributed by atoms with Crippen LogP contribution in [-0.2, 0) is 49.7 Å². The second-order valence-corrected chi connectivity index (χ2v) is 18.2. The Balaban J connectivity index is 0.799. The van der Waals surface area contributed by atoms with Crippen molar-refractivity contribution in [1.82, 2.24) is 19.6 Å². The summed E-state index contributed by atoms with van der Waals surface area (Å²) in [6.07, 6.45) is 9.83. The molecule has 4 heterocycles. The van der Waals surface area contributed by atoms with Crippen LogP contribution in [0.2, 0.25) is 0 Å². The lowest BCUT2D eigenvalue weighted by Gasteiger charge is -2.47. The number of hydrogen-bond acceptors (Lipinski definition) is 10. The summed E-state index contributed by atoms with van der Waals surface area (Å²) in [7, 11) is 0. The Hall–Kier alpha value is -4.53. The number of amides is 2. The standard InChI is InChI=1S/C49H65N5O8/c1-35-8-5-6-11-39(35)31-44(57)54-27-29-62-49(34-54)19-23-51(24-20-49)32-37-10-7-9-36(30-37)18-28-60-42-17-22-53(46(42)48(58)59)26-25-52(40-12-3-2-4-13-40)21-16-38-14-15-41(55)45-47(38)61-33-43(56)50-45/h5-11,14-15,30,40,42,46,55H,2-4,12-13,16-29,31-34H2,1H3,(H,50,56)(H,58,59)/t42?,46-/m0/s1. The van der Waals surface area contributed by atoms with Crippen LogP contribution in [0.1, 0.15) is 79.2 Å². The normalized spacial score (nSPS) is 22.1. The molecule has 13 nitrogen and oxygen atoms in total. The first-order valence-corrected chi connectivity index (χ1v) is 23.0. The van der Waals surface area contributed by atoms with Gasteiger partial charge in [0.05, 0.1) is 31.3 Å². The van der Waals surface area contributed by atoms with Gasteiger partial charge in [-0.2, -0.15) is 0 Å². The van der Waals surface area contributed by atoms with Crippen LogP contribution in [-0.4, -0.2) is 144 Å². The molecule has 3 N–H and O–H groups in total. The predicted octanol–water partition coefficient (Wildman–Crippen LogP) is 5.43. The van der Waals surface area contributed by atoms with E-state index < -0.39 is 12.0 Å². The van der Waals surface area contributed by atoms with Crippen molar-refractivity contribution in [2.45, 2.75) is 108 Å². The van der Waals surface area contributed by atoms with Crippen LogP contribution in [0, 0.1) is 6.92 Å². The van der Waals surface area contributed by atoms with Gasteiger partial charge in [-0.1, -0.05) is 73.9 Å². The number of aryl methyl sites for hydroxylation is 1. The number of benzene rings is 3. The van der Waals surface area contributed by atoms with Crippen molar-refractivity contribution >= 4 is 23.5 Å². The van der Waals surface area contributed by atoms with Gasteiger partial charge in [0.2, 0.25) is 5.91 Å². The number of nitrogens with one attached hydrogen (secondary N) is 1. The summed E-state index contributed by atoms with van der Waals surface area (Å²) in [5.41, 5.74) is 5.67. The van der Waals surface area contributed by atoms with Crippen molar-refractivity contribution in [3.63, 3.8) is 0 Å². The maximum absolute atomic E-state index is 13.3. The second kappa shape index (κ2) is 20.3. The highest BCUT2D eigenvalue weighted by Gasteiger charge is 2.42. The lowest BCUT2D eigenvalue weighted by Crippen LogP contribution is -2.58. The number of aromatic hydroxyl groups is 1. The molecule has 0 bridgehead atoms. The van der Waals surface area contributed by atoms with Crippen LogP contribution in [0.15, 0.2) is 60.7 Å². The number of fused-ring (bicyclic) bond motifs is 1. The van der Waals surface area contributed by atoms with Gasteiger partial charge in [0.1, 0.15) is 17.5 Å². The van der Waals surface area contributed by atoms with E-state index in [2.05, 4.69) is 57.3 Å². The zero-order chi connectivity index (χ0) is 43.1. The zero-order valence-electron chi connectivity index (χ0n) is 36.4. The van der Waals surface area contributed by atoms with Gasteiger partial charge >= 0.3 is 5.97 Å². The van der Waals surface area contributed by atoms with Crippen molar-refractivity contribution in [3.8, 4) is 11.5 Å². The van der Waals surface area contributed by atoms with Gasteiger partial charge in [-0.25, -0.2) is 0 Å². The van der Waals surface area contributed by atoms with Gasteiger partial charge in [-0.05, 0) is 85.8 Å². The number of aliphatic carboxylic acids is 1. The molecule has 334 valence electrons. The number of rotatable bonds is 16. The maximum Gasteiger partial charge on any atom is 0.323 e. The minimum Gasteiger partial charge on any atom is -0.506 e. The monoisotopic (exact) mass is 851 g/mol. The Morgan fingerprint density at radius 1 is 0.919 bits per heavy atom. The highest BCUT2D eigenvalue weighted by Crippen LogP contribution is 2.39. The van der Waals surface area contributed by atoms with E-state index in [1.165, 1.54) is 30.4 Å². The molecule has 13 heteroatoms. The van der Waals surface area contributed by atoms with E-state index in [-0.39, 0.29) is 35.9 Å². The molecule has 3 aromatic carbocycles. The molecule has 3 saturated heterocycles. The number of carbonyl (C=O) groups excluding carboxylic acids is 2. The Morgan fingerprint density at radius 2 is 1.73 bits per heavy atom. The van der Waals surface area contributed by atoms with Crippen LogP contribution in [0.25, 0.3) is 0 Å². The quantitative estimate of drug-likeness (QED) is 0.159. The number of carboxylic acid groups (broad SMARTS) is 1. The van der Waals surface area contributed by atoms with Crippen LogP contribution in [0.3, 0.4) is 0 Å². The number of piperidine rings is 1. The number of anilines is 1. The molecule has 4 fully saturated rings. The van der Waals surface area contributed by atoms with Crippen molar-refractivity contribution in [2.24, 2.45) is 0 Å². The Kier molecular flexibility index (Phi) is 14.5. The number of morpholine rings is 1. The van der Waals surface area contributed by atoms with Gasteiger partial charge in [-0.3, -0.25) is 29.1 Å². The van der Waals surface area contributed by atoms with E-state index in [0.717, 1.165) is 75.1 Å². The average molecular weight is 852 g/mol. The molecule has 1 spiro atoms. The average Bonchev–Trinajstić information content (AvgIpc) is 3.69. The summed E-state index contributed by atoms with van der Waals surface area (Å²) in [6.45, 7) is 9.86. The summed E-state index contributed by atoms with van der Waals surface area (Å²) in [5.74, 6) is -0.407. The fourth-order valence-corrected chi connectivity index (χ4v) is 10.5. The lowest BCUT2D eigenvalue weighted by molar-refractivity contribution is -0.159. The zero-order valence-corrected chi connectivity index (χ0v) is 36.4. The van der Waals surface area contributed by atoms with Crippen molar-refractivity contribution in [3.05, 3.63) is 88.5 Å². The molecule has 2 atom stereocenters. The van der Waals surface area contributed by atoms with E-state index in [1.54, 1.807) is 6.07 Å². The van der Waals surface area contributed by atoms with Gasteiger partial charge in [0.15, 0.2) is 12.4 Å². The number of carboxylic acids is 1. The number of hydrogen-bond donors (Lipinski definition) is 3. The molecule has 4 aliphatic heterocycles. The van der Waals surface area contributed by atoms with Crippen molar-refractivity contribution in [2.75, 3.05) is 77.5 Å². The van der Waals surface area contributed by atoms with Crippen LogP contribution >= 0.6 is 0 Å². The van der Waals surface area contributed by atoms with E-state index in [4.69, 9.17) is 14.2 Å². The smallest absolute Gasteiger partial charge is 0.323 e. The molecular formula is C49H65N5O8. The number of phenolic OH excluding ortho intramolecular Hbond substituents is 1. The third-order valence-corrected chi connectivity index (χ3v) is 14.1. The van der Waals surface area contributed by atoms with Gasteiger partial charge < -0.3 is 34.6 Å². The number of likely N-dealkylation sites (tertiary alicyclic amines) is 2. The molecule has 8 rings (SSSR count). The van der Waals surface area contributed by atoms with Gasteiger partial charge in [0, 0.05) is 64.9 Å².